The maximum Gasteiger partial charge on any atom is 0.325 e. The van der Waals surface area contributed by atoms with E-state index >= 15 is 0 Å². The van der Waals surface area contributed by atoms with Gasteiger partial charge < -0.3 is 4.98 Å². The van der Waals surface area contributed by atoms with Crippen LogP contribution in [0.4, 0.5) is 5.69 Å². The summed E-state index contributed by atoms with van der Waals surface area (Å²) < 4.78 is 28.7. The smallest absolute Gasteiger partial charge is 0.313 e. The van der Waals surface area contributed by atoms with Crippen LogP contribution in [0, 0.1) is 0 Å². The Kier molecular flexibility index (Phi) is 4.56. The van der Waals surface area contributed by atoms with Crippen molar-refractivity contribution in [3.63, 3.8) is 0 Å². The standard InChI is InChI=1S/C18H14N6O4S/c25-17-16(10-19-18(26)20-17)29(27,28)22-13-8-6-12(7-9-13)15-11-24(23-21-15)14-4-2-1-3-5-14/h1-11,22H,(H2,19,20,25,26). The van der Waals surface area contributed by atoms with Gasteiger partial charge in [0.1, 0.15) is 5.69 Å². The lowest BCUT2D eigenvalue weighted by molar-refractivity contribution is 0.599. The number of rotatable bonds is 5. The summed E-state index contributed by atoms with van der Waals surface area (Å²) in [7, 11) is -4.17. The van der Waals surface area contributed by atoms with E-state index in [2.05, 4.69) is 20.0 Å². The number of nitrogens with zero attached hydrogens (tertiary/aromatic N) is 3. The lowest BCUT2D eigenvalue weighted by atomic mass is 10.1. The molecule has 146 valence electrons. The first-order chi connectivity index (χ1) is 13.9. The Morgan fingerprint density at radius 1 is 0.966 bits per heavy atom. The molecule has 29 heavy (non-hydrogen) atoms. The molecule has 0 spiro atoms. The summed E-state index contributed by atoms with van der Waals surface area (Å²) in [6, 6.07) is 15.9. The van der Waals surface area contributed by atoms with Crippen molar-refractivity contribution < 1.29 is 8.42 Å². The second kappa shape index (κ2) is 7.20. The fourth-order valence-electron chi connectivity index (χ4n) is 2.62. The predicted molar refractivity (Wildman–Crippen MR) is 105 cm³/mol. The minimum atomic E-state index is -4.17. The number of para-hydroxylation sites is 1. The van der Waals surface area contributed by atoms with Crippen LogP contribution in [0.15, 0.2) is 81.5 Å². The van der Waals surface area contributed by atoms with E-state index in [4.69, 9.17) is 0 Å². The van der Waals surface area contributed by atoms with Crippen LogP contribution in [0.25, 0.3) is 16.9 Å². The topological polar surface area (TPSA) is 143 Å². The Bertz CT molecular complexity index is 1370. The summed E-state index contributed by atoms with van der Waals surface area (Å²) in [4.78, 5) is 26.2. The van der Waals surface area contributed by atoms with Crippen molar-refractivity contribution in [3.8, 4) is 16.9 Å². The van der Waals surface area contributed by atoms with Gasteiger partial charge in [0.15, 0.2) is 4.90 Å². The molecule has 0 amide bonds. The van der Waals surface area contributed by atoms with Gasteiger partial charge in [-0.05, 0) is 24.3 Å². The third kappa shape index (κ3) is 3.84. The van der Waals surface area contributed by atoms with Crippen molar-refractivity contribution in [2.24, 2.45) is 0 Å². The molecule has 0 saturated carbocycles. The molecule has 0 fully saturated rings. The highest BCUT2D eigenvalue weighted by Crippen LogP contribution is 2.21. The van der Waals surface area contributed by atoms with E-state index in [0.717, 1.165) is 17.4 Å². The second-order valence-corrected chi connectivity index (χ2v) is 7.65. The van der Waals surface area contributed by atoms with Crippen LogP contribution in [0.1, 0.15) is 0 Å². The Labute approximate surface area is 163 Å². The van der Waals surface area contributed by atoms with Crippen LogP contribution in [0.5, 0.6) is 0 Å². The molecule has 4 rings (SSSR count). The molecule has 0 unspecified atom stereocenters. The first-order valence-corrected chi connectivity index (χ1v) is 9.84. The fourth-order valence-corrected chi connectivity index (χ4v) is 3.68. The predicted octanol–water partition coefficient (Wildman–Crippen LogP) is 1.11. The molecule has 0 atom stereocenters. The number of nitrogens with one attached hydrogen (secondary N) is 3. The van der Waals surface area contributed by atoms with Crippen molar-refractivity contribution >= 4 is 15.7 Å². The maximum absolute atomic E-state index is 12.4. The zero-order valence-electron chi connectivity index (χ0n) is 14.7. The Morgan fingerprint density at radius 2 is 1.69 bits per heavy atom. The van der Waals surface area contributed by atoms with Crippen molar-refractivity contribution in [1.29, 1.82) is 0 Å². The summed E-state index contributed by atoms with van der Waals surface area (Å²) in [6.45, 7) is 0. The monoisotopic (exact) mass is 410 g/mol. The van der Waals surface area contributed by atoms with Crippen LogP contribution in [-0.4, -0.2) is 33.4 Å². The van der Waals surface area contributed by atoms with Gasteiger partial charge in [-0.1, -0.05) is 35.5 Å². The van der Waals surface area contributed by atoms with Gasteiger partial charge in [-0.25, -0.2) is 17.9 Å². The second-order valence-electron chi connectivity index (χ2n) is 6.00. The van der Waals surface area contributed by atoms with Gasteiger partial charge in [-0.15, -0.1) is 5.10 Å². The molecular formula is C18H14N6O4S. The van der Waals surface area contributed by atoms with Crippen molar-refractivity contribution in [2.45, 2.75) is 4.90 Å². The zero-order chi connectivity index (χ0) is 20.4. The average molecular weight is 410 g/mol. The Balaban J connectivity index is 1.56. The highest BCUT2D eigenvalue weighted by atomic mass is 32.2. The van der Waals surface area contributed by atoms with Crippen LogP contribution >= 0.6 is 0 Å². The number of hydrogen-bond donors (Lipinski definition) is 3. The Morgan fingerprint density at radius 3 is 2.38 bits per heavy atom. The van der Waals surface area contributed by atoms with Crippen molar-refractivity contribution in [2.75, 3.05) is 4.72 Å². The number of H-pyrrole nitrogens is 2. The van der Waals surface area contributed by atoms with Crippen molar-refractivity contribution in [1.82, 2.24) is 25.0 Å². The van der Waals surface area contributed by atoms with Gasteiger partial charge in [0.05, 0.1) is 11.9 Å². The molecule has 3 N–H and O–H groups in total. The molecule has 0 aliphatic rings. The van der Waals surface area contributed by atoms with Crippen LogP contribution < -0.4 is 16.0 Å². The zero-order valence-corrected chi connectivity index (χ0v) is 15.6. The third-order valence-corrected chi connectivity index (χ3v) is 5.41. The SMILES string of the molecule is O=c1[nH]cc(S(=O)(=O)Nc2ccc(-c3cn(-c4ccccc4)nn3)cc2)c(=O)[nH]1. The largest absolute Gasteiger partial charge is 0.325 e. The lowest BCUT2D eigenvalue weighted by Crippen LogP contribution is -2.29. The first-order valence-electron chi connectivity index (χ1n) is 8.35. The first kappa shape index (κ1) is 18.4. The van der Waals surface area contributed by atoms with Gasteiger partial charge in [-0.3, -0.25) is 14.5 Å². The van der Waals surface area contributed by atoms with E-state index in [1.807, 2.05) is 35.3 Å². The quantitative estimate of drug-likeness (QED) is 0.450. The molecule has 4 aromatic rings. The minimum absolute atomic E-state index is 0.245. The van der Waals surface area contributed by atoms with Gasteiger partial charge in [-0.2, -0.15) is 0 Å². The summed E-state index contributed by atoms with van der Waals surface area (Å²) in [5.74, 6) is 0. The van der Waals surface area contributed by atoms with Gasteiger partial charge in [0, 0.05) is 17.4 Å². The number of hydrogen-bond acceptors (Lipinski definition) is 6. The molecule has 11 heteroatoms. The van der Waals surface area contributed by atoms with Gasteiger partial charge in [0.2, 0.25) is 0 Å². The lowest BCUT2D eigenvalue weighted by Gasteiger charge is -2.07. The molecule has 10 nitrogen and oxygen atoms in total. The summed E-state index contributed by atoms with van der Waals surface area (Å²) in [6.07, 6.45) is 2.61. The van der Waals surface area contributed by atoms with Crippen molar-refractivity contribution in [3.05, 3.63) is 87.8 Å². The molecule has 0 radical (unpaired) electrons. The van der Waals surface area contributed by atoms with E-state index in [1.54, 1.807) is 23.0 Å². The number of sulfonamides is 1. The van der Waals surface area contributed by atoms with Gasteiger partial charge >= 0.3 is 5.69 Å². The van der Waals surface area contributed by atoms with Crippen LogP contribution in [0.2, 0.25) is 0 Å². The molecule has 0 bridgehead atoms. The van der Waals surface area contributed by atoms with E-state index in [0.29, 0.717) is 5.69 Å². The van der Waals surface area contributed by atoms with E-state index in [9.17, 15) is 18.0 Å². The molecule has 0 saturated heterocycles. The van der Waals surface area contributed by atoms with E-state index < -0.39 is 26.2 Å². The molecule has 0 aliphatic carbocycles. The average Bonchev–Trinajstić information content (AvgIpc) is 3.19. The molecular weight excluding hydrogens is 396 g/mol. The summed E-state index contributed by atoms with van der Waals surface area (Å²) in [5, 5.41) is 8.22. The Hall–Kier alpha value is -3.99. The minimum Gasteiger partial charge on any atom is -0.313 e. The molecule has 2 aromatic heterocycles. The van der Waals surface area contributed by atoms with Gasteiger partial charge in [0.25, 0.3) is 15.6 Å². The summed E-state index contributed by atoms with van der Waals surface area (Å²) >= 11 is 0. The number of benzene rings is 2. The maximum atomic E-state index is 12.4. The highest BCUT2D eigenvalue weighted by Gasteiger charge is 2.19. The number of aromatic nitrogens is 5. The molecule has 2 heterocycles. The number of aromatic amines is 2. The normalized spacial score (nSPS) is 11.3. The fraction of sp³-hybridized carbons (Fsp3) is 0. The molecule has 2 aromatic carbocycles. The van der Waals surface area contributed by atoms with Crippen LogP contribution in [-0.2, 0) is 10.0 Å². The van der Waals surface area contributed by atoms with E-state index in [1.165, 1.54) is 12.1 Å². The highest BCUT2D eigenvalue weighted by molar-refractivity contribution is 7.92. The van der Waals surface area contributed by atoms with E-state index in [-0.39, 0.29) is 5.69 Å². The van der Waals surface area contributed by atoms with Crippen LogP contribution in [0.3, 0.4) is 0 Å². The third-order valence-electron chi connectivity index (χ3n) is 4.02. The number of anilines is 1. The molecule has 0 aliphatic heterocycles. The summed E-state index contributed by atoms with van der Waals surface area (Å²) in [5.41, 5.74) is 0.658.